The quantitative estimate of drug-likeness (QED) is 0.497. The van der Waals surface area contributed by atoms with E-state index in [-0.39, 0.29) is 6.04 Å². The minimum Gasteiger partial charge on any atom is -0.372 e. The third-order valence-electron chi connectivity index (χ3n) is 4.71. The van der Waals surface area contributed by atoms with Crippen LogP contribution in [0.1, 0.15) is 17.2 Å². The van der Waals surface area contributed by atoms with Crippen molar-refractivity contribution < 1.29 is 0 Å². The predicted molar refractivity (Wildman–Crippen MR) is 101 cm³/mol. The molecule has 1 aliphatic heterocycles. The zero-order chi connectivity index (χ0) is 15.9. The summed E-state index contributed by atoms with van der Waals surface area (Å²) in [5.41, 5.74) is 4.61. The van der Waals surface area contributed by atoms with Crippen molar-refractivity contribution in [3.05, 3.63) is 90.1 Å². The third-order valence-corrected chi connectivity index (χ3v) is 4.71. The van der Waals surface area contributed by atoms with Gasteiger partial charge in [0.25, 0.3) is 0 Å². The van der Waals surface area contributed by atoms with Crippen LogP contribution >= 0.6 is 0 Å². The standard InChI is InChI=1S/C22H16N2/c1-2-5-18-14-19(10-7-15(18)4-1)20-12-11-17-9-8-16-6-3-13-23-21(16)22(17)24-20/h1-14,20,24H. The Morgan fingerprint density at radius 2 is 1.62 bits per heavy atom. The van der Waals surface area contributed by atoms with Crippen molar-refractivity contribution in [3.63, 3.8) is 0 Å². The summed E-state index contributed by atoms with van der Waals surface area (Å²) >= 11 is 0. The van der Waals surface area contributed by atoms with Crippen molar-refractivity contribution >= 4 is 33.4 Å². The van der Waals surface area contributed by atoms with Gasteiger partial charge in [-0.05, 0) is 34.0 Å². The molecular formula is C22H16N2. The van der Waals surface area contributed by atoms with Gasteiger partial charge in [-0.2, -0.15) is 0 Å². The fourth-order valence-corrected chi connectivity index (χ4v) is 3.45. The molecule has 0 saturated heterocycles. The van der Waals surface area contributed by atoms with Crippen LogP contribution in [0.15, 0.2) is 79.0 Å². The highest BCUT2D eigenvalue weighted by molar-refractivity contribution is 5.96. The van der Waals surface area contributed by atoms with Crippen molar-refractivity contribution in [1.29, 1.82) is 0 Å². The van der Waals surface area contributed by atoms with Gasteiger partial charge in [-0.1, -0.05) is 66.7 Å². The minimum absolute atomic E-state index is 0.162. The molecule has 0 saturated carbocycles. The molecule has 1 aromatic heterocycles. The highest BCUT2D eigenvalue weighted by Gasteiger charge is 2.17. The van der Waals surface area contributed by atoms with Crippen molar-refractivity contribution in [3.8, 4) is 0 Å². The average Bonchev–Trinajstić information content (AvgIpc) is 2.67. The van der Waals surface area contributed by atoms with Crippen LogP contribution in [-0.4, -0.2) is 4.98 Å². The number of hydrogen-bond acceptors (Lipinski definition) is 2. The molecule has 5 rings (SSSR count). The lowest BCUT2D eigenvalue weighted by Gasteiger charge is -2.24. The van der Waals surface area contributed by atoms with Gasteiger partial charge in [0.2, 0.25) is 0 Å². The fourth-order valence-electron chi connectivity index (χ4n) is 3.45. The Morgan fingerprint density at radius 1 is 0.792 bits per heavy atom. The second-order valence-electron chi connectivity index (χ2n) is 6.19. The topological polar surface area (TPSA) is 24.9 Å². The van der Waals surface area contributed by atoms with E-state index in [4.69, 9.17) is 0 Å². The lowest BCUT2D eigenvalue weighted by Crippen LogP contribution is -2.12. The molecule has 0 spiro atoms. The summed E-state index contributed by atoms with van der Waals surface area (Å²) in [5, 5.41) is 7.38. The molecule has 1 aliphatic rings. The number of nitrogens with zero attached hydrogens (tertiary/aromatic N) is 1. The summed E-state index contributed by atoms with van der Waals surface area (Å²) < 4.78 is 0. The minimum atomic E-state index is 0.162. The molecule has 1 N–H and O–H groups in total. The monoisotopic (exact) mass is 308 g/mol. The first kappa shape index (κ1) is 13.3. The van der Waals surface area contributed by atoms with Crippen molar-refractivity contribution in [2.75, 3.05) is 5.32 Å². The maximum Gasteiger partial charge on any atom is 0.0939 e. The van der Waals surface area contributed by atoms with Crippen LogP contribution < -0.4 is 5.32 Å². The number of benzene rings is 3. The molecular weight excluding hydrogens is 292 g/mol. The molecule has 0 aliphatic carbocycles. The van der Waals surface area contributed by atoms with E-state index in [2.05, 4.69) is 83.1 Å². The number of anilines is 1. The Hall–Kier alpha value is -3.13. The van der Waals surface area contributed by atoms with Crippen LogP contribution in [0.2, 0.25) is 0 Å². The molecule has 1 atom stereocenters. The van der Waals surface area contributed by atoms with Crippen LogP contribution in [0.4, 0.5) is 5.69 Å². The van der Waals surface area contributed by atoms with Gasteiger partial charge < -0.3 is 5.32 Å². The molecule has 0 bridgehead atoms. The van der Waals surface area contributed by atoms with Gasteiger partial charge in [-0.25, -0.2) is 0 Å². The van der Waals surface area contributed by atoms with Crippen LogP contribution in [0.25, 0.3) is 27.8 Å². The second-order valence-corrected chi connectivity index (χ2v) is 6.19. The maximum absolute atomic E-state index is 4.58. The summed E-state index contributed by atoms with van der Waals surface area (Å²) in [6.07, 6.45) is 6.27. The van der Waals surface area contributed by atoms with Crippen molar-refractivity contribution in [2.24, 2.45) is 0 Å². The Kier molecular flexibility index (Phi) is 2.89. The SMILES string of the molecule is C1=CC(c2ccc3ccccc3c2)Nc2c1ccc1cccnc21. The Morgan fingerprint density at radius 3 is 2.58 bits per heavy atom. The average molecular weight is 308 g/mol. The highest BCUT2D eigenvalue weighted by atomic mass is 14.9. The Balaban J connectivity index is 1.61. The number of pyridine rings is 1. The lowest BCUT2D eigenvalue weighted by atomic mass is 9.96. The molecule has 114 valence electrons. The molecule has 3 aromatic carbocycles. The normalized spacial score (nSPS) is 16.1. The number of fused-ring (bicyclic) bond motifs is 4. The highest BCUT2D eigenvalue weighted by Crippen LogP contribution is 2.35. The number of nitrogens with one attached hydrogen (secondary N) is 1. The van der Waals surface area contributed by atoms with Gasteiger partial charge >= 0.3 is 0 Å². The lowest BCUT2D eigenvalue weighted by molar-refractivity contribution is 0.984. The van der Waals surface area contributed by atoms with E-state index < -0.39 is 0 Å². The zero-order valence-corrected chi connectivity index (χ0v) is 13.1. The summed E-state index contributed by atoms with van der Waals surface area (Å²) in [6.45, 7) is 0. The first-order chi connectivity index (χ1) is 11.9. The summed E-state index contributed by atoms with van der Waals surface area (Å²) in [5.74, 6) is 0. The van der Waals surface area contributed by atoms with E-state index in [9.17, 15) is 0 Å². The first-order valence-corrected chi connectivity index (χ1v) is 8.20. The Bertz CT molecular complexity index is 1100. The van der Waals surface area contributed by atoms with E-state index in [1.54, 1.807) is 0 Å². The maximum atomic E-state index is 4.58. The summed E-state index contributed by atoms with van der Waals surface area (Å²) in [7, 11) is 0. The molecule has 0 radical (unpaired) electrons. The van der Waals surface area contributed by atoms with Crippen molar-refractivity contribution in [2.45, 2.75) is 6.04 Å². The van der Waals surface area contributed by atoms with E-state index in [0.29, 0.717) is 0 Å². The molecule has 4 aromatic rings. The molecule has 24 heavy (non-hydrogen) atoms. The van der Waals surface area contributed by atoms with Gasteiger partial charge in [-0.3, -0.25) is 4.98 Å². The molecule has 2 nitrogen and oxygen atoms in total. The van der Waals surface area contributed by atoms with Crippen LogP contribution in [0.5, 0.6) is 0 Å². The van der Waals surface area contributed by atoms with Crippen LogP contribution in [0, 0.1) is 0 Å². The number of aromatic nitrogens is 1. The molecule has 0 fully saturated rings. The van der Waals surface area contributed by atoms with E-state index in [0.717, 1.165) is 16.6 Å². The van der Waals surface area contributed by atoms with Gasteiger partial charge in [0, 0.05) is 11.6 Å². The van der Waals surface area contributed by atoms with E-state index in [1.807, 2.05) is 12.3 Å². The van der Waals surface area contributed by atoms with Gasteiger partial charge in [-0.15, -0.1) is 0 Å². The summed E-state index contributed by atoms with van der Waals surface area (Å²) in [4.78, 5) is 4.58. The molecule has 0 amide bonds. The zero-order valence-electron chi connectivity index (χ0n) is 13.1. The van der Waals surface area contributed by atoms with Crippen LogP contribution in [0.3, 0.4) is 0 Å². The molecule has 2 heterocycles. The van der Waals surface area contributed by atoms with Crippen LogP contribution in [-0.2, 0) is 0 Å². The largest absolute Gasteiger partial charge is 0.372 e. The van der Waals surface area contributed by atoms with Crippen molar-refractivity contribution in [1.82, 2.24) is 4.98 Å². The third kappa shape index (κ3) is 2.08. The Labute approximate surface area is 140 Å². The van der Waals surface area contributed by atoms with E-state index in [1.165, 1.54) is 21.9 Å². The number of rotatable bonds is 1. The predicted octanol–water partition coefficient (Wildman–Crippen LogP) is 5.57. The smallest absolute Gasteiger partial charge is 0.0939 e. The summed E-state index contributed by atoms with van der Waals surface area (Å²) in [6, 6.07) is 23.7. The molecule has 2 heteroatoms. The van der Waals surface area contributed by atoms with Gasteiger partial charge in [0.15, 0.2) is 0 Å². The van der Waals surface area contributed by atoms with E-state index >= 15 is 0 Å². The fraction of sp³-hybridized carbons (Fsp3) is 0.0455. The number of hydrogen-bond donors (Lipinski definition) is 1. The second kappa shape index (κ2) is 5.20. The molecule has 1 unspecified atom stereocenters. The van der Waals surface area contributed by atoms with Gasteiger partial charge in [0.05, 0.1) is 17.2 Å². The van der Waals surface area contributed by atoms with Gasteiger partial charge in [0.1, 0.15) is 0 Å². The first-order valence-electron chi connectivity index (χ1n) is 8.20.